The molecule has 7 heteroatoms. The first-order valence-electron chi connectivity index (χ1n) is 8.73. The van der Waals surface area contributed by atoms with Crippen molar-refractivity contribution in [1.29, 1.82) is 0 Å². The predicted octanol–water partition coefficient (Wildman–Crippen LogP) is 3.06. The van der Waals surface area contributed by atoms with Crippen molar-refractivity contribution in [2.24, 2.45) is 0 Å². The highest BCUT2D eigenvalue weighted by Gasteiger charge is 2.17. The van der Waals surface area contributed by atoms with Crippen molar-refractivity contribution in [3.05, 3.63) is 68.4 Å². The van der Waals surface area contributed by atoms with Crippen LogP contribution in [-0.2, 0) is 22.7 Å². The van der Waals surface area contributed by atoms with Gasteiger partial charge in [-0.1, -0.05) is 41.6 Å². The summed E-state index contributed by atoms with van der Waals surface area (Å²) >= 11 is 1.39. The third kappa shape index (κ3) is 5.69. The summed E-state index contributed by atoms with van der Waals surface area (Å²) in [5.74, 6) is 0. The van der Waals surface area contributed by atoms with Crippen molar-refractivity contribution >= 4 is 11.8 Å². The van der Waals surface area contributed by atoms with Crippen LogP contribution in [0.1, 0.15) is 19.4 Å². The molecule has 146 valence electrons. The Bertz CT molecular complexity index is 897. The van der Waals surface area contributed by atoms with Crippen LogP contribution in [0.2, 0.25) is 0 Å². The van der Waals surface area contributed by atoms with Crippen LogP contribution in [0.5, 0.6) is 0 Å². The topological polar surface area (TPSA) is 62.5 Å². The zero-order chi connectivity index (χ0) is 19.8. The van der Waals surface area contributed by atoms with Crippen molar-refractivity contribution < 1.29 is 9.47 Å². The average Bonchev–Trinajstić information content (AvgIpc) is 2.65. The summed E-state index contributed by atoms with van der Waals surface area (Å²) in [6.45, 7) is 6.73. The lowest BCUT2D eigenvalue weighted by molar-refractivity contribution is 0.0275. The SMILES string of the molecule is COCCOCn1c(Sc2ccccc2)c(C)c(=O)n(CC=C(C)C)c1=O. The van der Waals surface area contributed by atoms with Crippen molar-refractivity contribution in [2.45, 2.75) is 44.0 Å². The van der Waals surface area contributed by atoms with Gasteiger partial charge < -0.3 is 9.47 Å². The van der Waals surface area contributed by atoms with Gasteiger partial charge in [-0.2, -0.15) is 0 Å². The van der Waals surface area contributed by atoms with Crippen LogP contribution in [-0.4, -0.2) is 29.5 Å². The first kappa shape index (κ1) is 21.2. The molecule has 0 fully saturated rings. The van der Waals surface area contributed by atoms with Gasteiger partial charge in [0.05, 0.1) is 18.2 Å². The van der Waals surface area contributed by atoms with Gasteiger partial charge in [0.1, 0.15) is 6.73 Å². The van der Waals surface area contributed by atoms with Gasteiger partial charge in [-0.3, -0.25) is 13.9 Å². The highest BCUT2D eigenvalue weighted by atomic mass is 32.2. The van der Waals surface area contributed by atoms with E-state index in [0.717, 1.165) is 10.5 Å². The number of ether oxygens (including phenoxy) is 2. The zero-order valence-electron chi connectivity index (χ0n) is 16.2. The van der Waals surface area contributed by atoms with E-state index in [4.69, 9.17) is 9.47 Å². The van der Waals surface area contributed by atoms with Gasteiger partial charge in [0.2, 0.25) is 0 Å². The second kappa shape index (κ2) is 10.3. The van der Waals surface area contributed by atoms with E-state index >= 15 is 0 Å². The minimum absolute atomic E-state index is 0.0628. The molecule has 1 heterocycles. The van der Waals surface area contributed by atoms with Crippen LogP contribution >= 0.6 is 11.8 Å². The van der Waals surface area contributed by atoms with Gasteiger partial charge in [-0.05, 0) is 32.9 Å². The van der Waals surface area contributed by atoms with Gasteiger partial charge in [0, 0.05) is 24.1 Å². The number of benzene rings is 1. The Labute approximate surface area is 163 Å². The minimum atomic E-state index is -0.376. The predicted molar refractivity (Wildman–Crippen MR) is 108 cm³/mol. The number of rotatable bonds is 9. The molecular formula is C20H26N2O4S. The van der Waals surface area contributed by atoms with Gasteiger partial charge in [-0.25, -0.2) is 4.79 Å². The van der Waals surface area contributed by atoms with Crippen molar-refractivity contribution in [2.75, 3.05) is 20.3 Å². The highest BCUT2D eigenvalue weighted by Crippen LogP contribution is 2.28. The molecule has 0 aliphatic heterocycles. The summed E-state index contributed by atoms with van der Waals surface area (Å²) < 4.78 is 13.3. The Hall–Kier alpha value is -2.09. The quantitative estimate of drug-likeness (QED) is 0.374. The third-order valence-corrected chi connectivity index (χ3v) is 5.11. The molecule has 0 saturated carbocycles. The van der Waals surface area contributed by atoms with Crippen molar-refractivity contribution in [1.82, 2.24) is 9.13 Å². The van der Waals surface area contributed by atoms with E-state index in [1.807, 2.05) is 50.3 Å². The Balaban J connectivity index is 2.50. The summed E-state index contributed by atoms with van der Waals surface area (Å²) in [7, 11) is 1.59. The molecule has 0 N–H and O–H groups in total. The molecule has 0 spiro atoms. The molecule has 1 aromatic carbocycles. The molecule has 0 amide bonds. The standard InChI is InChI=1S/C20H26N2O4S/c1-15(2)10-11-21-18(23)16(3)19(27-17-8-6-5-7-9-17)22(20(21)24)14-26-13-12-25-4/h5-10H,11-14H2,1-4H3. The van der Waals surface area contributed by atoms with E-state index in [2.05, 4.69) is 0 Å². The van der Waals surface area contributed by atoms with Crippen molar-refractivity contribution in [3.8, 4) is 0 Å². The molecule has 1 aromatic heterocycles. The van der Waals surface area contributed by atoms with E-state index in [1.54, 1.807) is 14.0 Å². The summed E-state index contributed by atoms with van der Waals surface area (Å²) in [6.07, 6.45) is 1.86. The van der Waals surface area contributed by atoms with Crippen LogP contribution in [0.25, 0.3) is 0 Å². The van der Waals surface area contributed by atoms with Crippen molar-refractivity contribution in [3.63, 3.8) is 0 Å². The van der Waals surface area contributed by atoms with Gasteiger partial charge in [0.25, 0.3) is 5.56 Å². The molecule has 2 aromatic rings. The maximum absolute atomic E-state index is 13.0. The number of hydrogen-bond donors (Lipinski definition) is 0. The molecule has 0 aliphatic carbocycles. The Morgan fingerprint density at radius 2 is 1.81 bits per heavy atom. The van der Waals surface area contributed by atoms with E-state index in [9.17, 15) is 9.59 Å². The summed E-state index contributed by atoms with van der Waals surface area (Å²) in [6, 6.07) is 9.66. The molecule has 0 atom stereocenters. The average molecular weight is 391 g/mol. The maximum atomic E-state index is 13.0. The fraction of sp³-hybridized carbons (Fsp3) is 0.400. The van der Waals surface area contributed by atoms with E-state index < -0.39 is 0 Å². The van der Waals surface area contributed by atoms with Crippen LogP contribution < -0.4 is 11.2 Å². The Kier molecular flexibility index (Phi) is 8.09. The minimum Gasteiger partial charge on any atom is -0.382 e. The highest BCUT2D eigenvalue weighted by molar-refractivity contribution is 7.99. The summed E-state index contributed by atoms with van der Waals surface area (Å²) in [4.78, 5) is 26.7. The first-order valence-corrected chi connectivity index (χ1v) is 9.54. The molecule has 2 rings (SSSR count). The number of hydrogen-bond acceptors (Lipinski definition) is 5. The summed E-state index contributed by atoms with van der Waals surface area (Å²) in [5, 5.41) is 0.599. The third-order valence-electron chi connectivity index (χ3n) is 3.89. The smallest absolute Gasteiger partial charge is 0.334 e. The fourth-order valence-corrected chi connectivity index (χ4v) is 3.39. The Morgan fingerprint density at radius 3 is 2.44 bits per heavy atom. The largest absolute Gasteiger partial charge is 0.382 e. The molecule has 6 nitrogen and oxygen atoms in total. The van der Waals surface area contributed by atoms with Crippen LogP contribution in [0.4, 0.5) is 0 Å². The molecule has 0 unspecified atom stereocenters. The Morgan fingerprint density at radius 1 is 1.11 bits per heavy atom. The molecular weight excluding hydrogens is 364 g/mol. The molecule has 0 bridgehead atoms. The normalized spacial score (nSPS) is 10.8. The molecule has 0 radical (unpaired) electrons. The van der Waals surface area contributed by atoms with Crippen LogP contribution in [0, 0.1) is 6.92 Å². The summed E-state index contributed by atoms with van der Waals surface area (Å²) in [5.41, 5.74) is 0.925. The number of allylic oxidation sites excluding steroid dienone is 2. The van der Waals surface area contributed by atoms with E-state index in [1.165, 1.54) is 20.9 Å². The van der Waals surface area contributed by atoms with Crippen LogP contribution in [0.15, 0.2) is 61.5 Å². The van der Waals surface area contributed by atoms with E-state index in [0.29, 0.717) is 23.8 Å². The second-order valence-corrected chi connectivity index (χ2v) is 7.35. The van der Waals surface area contributed by atoms with Crippen LogP contribution in [0.3, 0.4) is 0 Å². The first-order chi connectivity index (χ1) is 13.0. The molecule has 0 aliphatic rings. The van der Waals surface area contributed by atoms with Gasteiger partial charge in [-0.15, -0.1) is 0 Å². The van der Waals surface area contributed by atoms with Gasteiger partial charge in [0.15, 0.2) is 0 Å². The van der Waals surface area contributed by atoms with E-state index in [-0.39, 0.29) is 24.5 Å². The lowest BCUT2D eigenvalue weighted by Gasteiger charge is -2.17. The lowest BCUT2D eigenvalue weighted by atomic mass is 10.3. The maximum Gasteiger partial charge on any atom is 0.334 e. The lowest BCUT2D eigenvalue weighted by Crippen LogP contribution is -2.42. The monoisotopic (exact) mass is 390 g/mol. The number of nitrogens with zero attached hydrogens (tertiary/aromatic N) is 2. The fourth-order valence-electron chi connectivity index (χ4n) is 2.39. The number of methoxy groups -OCH3 is 1. The molecule has 0 saturated heterocycles. The van der Waals surface area contributed by atoms with Gasteiger partial charge >= 0.3 is 5.69 Å². The second-order valence-electron chi connectivity index (χ2n) is 6.28. The zero-order valence-corrected chi connectivity index (χ0v) is 17.0. The number of aromatic nitrogens is 2. The molecule has 27 heavy (non-hydrogen) atoms.